The average Bonchev–Trinajstić information content (AvgIpc) is 3.10. The van der Waals surface area contributed by atoms with Gasteiger partial charge in [-0.2, -0.15) is 0 Å². The van der Waals surface area contributed by atoms with Crippen LogP contribution in [0, 0.1) is 0 Å². The van der Waals surface area contributed by atoms with Crippen LogP contribution in [0.15, 0.2) is 0 Å². The van der Waals surface area contributed by atoms with Crippen LogP contribution in [-0.4, -0.2) is 89.6 Å². The molecule has 0 aliphatic carbocycles. The quantitative estimate of drug-likeness (QED) is 0.0380. The Morgan fingerprint density at radius 2 is 1.00 bits per heavy atom. The summed E-state index contributed by atoms with van der Waals surface area (Å²) in [7, 11) is 0. The summed E-state index contributed by atoms with van der Waals surface area (Å²) in [5.41, 5.74) is 0. The van der Waals surface area contributed by atoms with Crippen molar-refractivity contribution in [3.63, 3.8) is 0 Å². The van der Waals surface area contributed by atoms with E-state index in [4.69, 9.17) is 18.9 Å². The molecule has 0 saturated carbocycles. The first-order chi connectivity index (χ1) is 23.9. The highest BCUT2D eigenvalue weighted by Crippen LogP contribution is 2.22. The largest absolute Gasteiger partial charge is 0.457 e. The van der Waals surface area contributed by atoms with Gasteiger partial charge in [-0.25, -0.2) is 0 Å². The molecule has 0 aromatic heterocycles. The average molecular weight is 703 g/mol. The van der Waals surface area contributed by atoms with E-state index in [2.05, 4.69) is 13.8 Å². The molecule has 9 heteroatoms. The molecular formula is C40H78O9. The third-order valence-corrected chi connectivity index (χ3v) is 9.77. The maximum Gasteiger partial charge on any atom is 0.306 e. The lowest BCUT2D eigenvalue weighted by Crippen LogP contribution is -2.59. The molecule has 6 unspecified atom stereocenters. The monoisotopic (exact) mass is 703 g/mol. The molecule has 4 N–H and O–H groups in total. The summed E-state index contributed by atoms with van der Waals surface area (Å²) < 4.78 is 22.7. The molecule has 0 aromatic carbocycles. The van der Waals surface area contributed by atoms with E-state index in [9.17, 15) is 25.2 Å². The van der Waals surface area contributed by atoms with Crippen LogP contribution in [0.2, 0.25) is 0 Å². The van der Waals surface area contributed by atoms with Crippen LogP contribution in [-0.2, 0) is 23.7 Å². The van der Waals surface area contributed by atoms with Crippen molar-refractivity contribution in [3.05, 3.63) is 0 Å². The van der Waals surface area contributed by atoms with Crippen LogP contribution in [0.4, 0.5) is 0 Å². The normalized spacial score (nSPS) is 21.6. The summed E-state index contributed by atoms with van der Waals surface area (Å²) >= 11 is 0. The molecule has 0 aromatic rings. The van der Waals surface area contributed by atoms with Crippen LogP contribution < -0.4 is 0 Å². The molecule has 9 nitrogen and oxygen atoms in total. The standard InChI is InChI=1S/C40H78O9/c1-3-5-7-9-11-13-14-15-16-17-18-19-20-21-23-25-27-29-36(42)48-34(32-46-30-28-26-24-22-12-10-8-6-4-2)33-47-40-39(45)38(44)37(43)35(31-41)49-40/h34-35,37-41,43-45H,3-33H2,1-2H3. The lowest BCUT2D eigenvalue weighted by atomic mass is 9.99. The van der Waals surface area contributed by atoms with Crippen molar-refractivity contribution in [1.82, 2.24) is 0 Å². The van der Waals surface area contributed by atoms with Gasteiger partial charge in [0.05, 0.1) is 19.8 Å². The molecule has 292 valence electrons. The second kappa shape index (κ2) is 33.1. The number of hydrogen-bond acceptors (Lipinski definition) is 9. The third kappa shape index (κ3) is 24.9. The Labute approximate surface area is 300 Å². The van der Waals surface area contributed by atoms with Crippen LogP contribution in [0.25, 0.3) is 0 Å². The predicted octanol–water partition coefficient (Wildman–Crippen LogP) is 8.30. The van der Waals surface area contributed by atoms with Gasteiger partial charge in [-0.3, -0.25) is 4.79 Å². The summed E-state index contributed by atoms with van der Waals surface area (Å²) in [4.78, 5) is 12.7. The van der Waals surface area contributed by atoms with Crippen molar-refractivity contribution >= 4 is 5.97 Å². The number of ether oxygens (including phenoxy) is 4. The zero-order valence-electron chi connectivity index (χ0n) is 31.7. The van der Waals surface area contributed by atoms with Crippen LogP contribution in [0.1, 0.15) is 187 Å². The van der Waals surface area contributed by atoms with Gasteiger partial charge in [-0.1, -0.05) is 168 Å². The number of hydrogen-bond donors (Lipinski definition) is 4. The maximum atomic E-state index is 12.7. The van der Waals surface area contributed by atoms with Crippen molar-refractivity contribution in [2.75, 3.05) is 26.4 Å². The molecule has 1 fully saturated rings. The minimum Gasteiger partial charge on any atom is -0.457 e. The number of unbranched alkanes of at least 4 members (excludes halogenated alkanes) is 24. The molecule has 1 rings (SSSR count). The van der Waals surface area contributed by atoms with Crippen LogP contribution in [0.3, 0.4) is 0 Å². The molecular weight excluding hydrogens is 624 g/mol. The van der Waals surface area contributed by atoms with E-state index in [0.717, 1.165) is 32.1 Å². The fourth-order valence-corrected chi connectivity index (χ4v) is 6.49. The number of aliphatic hydroxyl groups is 4. The highest BCUT2D eigenvalue weighted by Gasteiger charge is 2.44. The van der Waals surface area contributed by atoms with E-state index in [-0.39, 0.29) is 19.2 Å². The van der Waals surface area contributed by atoms with Crippen molar-refractivity contribution in [2.24, 2.45) is 0 Å². The second-order valence-corrected chi connectivity index (χ2v) is 14.5. The Kier molecular flexibility index (Phi) is 31.2. The van der Waals surface area contributed by atoms with Gasteiger partial charge in [0.15, 0.2) is 6.29 Å². The molecule has 0 spiro atoms. The fourth-order valence-electron chi connectivity index (χ4n) is 6.49. The molecule has 6 atom stereocenters. The summed E-state index contributed by atoms with van der Waals surface area (Å²) in [6.45, 7) is 4.57. The van der Waals surface area contributed by atoms with Gasteiger partial charge < -0.3 is 39.4 Å². The topological polar surface area (TPSA) is 135 Å². The molecule has 0 bridgehead atoms. The Hall–Kier alpha value is -0.810. The second-order valence-electron chi connectivity index (χ2n) is 14.5. The van der Waals surface area contributed by atoms with E-state index >= 15 is 0 Å². The summed E-state index contributed by atoms with van der Waals surface area (Å²) in [6.07, 6.45) is 25.6. The van der Waals surface area contributed by atoms with E-state index in [1.54, 1.807) is 0 Å². The summed E-state index contributed by atoms with van der Waals surface area (Å²) in [5, 5.41) is 39.9. The Balaban J connectivity index is 2.25. The fraction of sp³-hybridized carbons (Fsp3) is 0.975. The molecule has 0 amide bonds. The first-order valence-corrected chi connectivity index (χ1v) is 20.6. The zero-order valence-corrected chi connectivity index (χ0v) is 31.7. The number of esters is 1. The van der Waals surface area contributed by atoms with Crippen LogP contribution >= 0.6 is 0 Å². The third-order valence-electron chi connectivity index (χ3n) is 9.77. The lowest BCUT2D eigenvalue weighted by Gasteiger charge is -2.39. The zero-order chi connectivity index (χ0) is 35.8. The van der Waals surface area contributed by atoms with Gasteiger partial charge in [0, 0.05) is 13.0 Å². The minimum absolute atomic E-state index is 0.106. The van der Waals surface area contributed by atoms with E-state index in [1.165, 1.54) is 135 Å². The SMILES string of the molecule is CCCCCCCCCCCCCCCCCCCC(=O)OC(COCCCCCCCCCCC)COC1OC(CO)C(O)C(O)C1O. The van der Waals surface area contributed by atoms with Crippen molar-refractivity contribution in [2.45, 2.75) is 224 Å². The molecule has 0 radical (unpaired) electrons. The number of carbonyl (C=O) groups is 1. The minimum atomic E-state index is -1.53. The molecule has 1 heterocycles. The van der Waals surface area contributed by atoms with Crippen LogP contribution in [0.5, 0.6) is 0 Å². The highest BCUT2D eigenvalue weighted by atomic mass is 16.7. The Morgan fingerprint density at radius 3 is 1.45 bits per heavy atom. The Morgan fingerprint density at radius 1 is 0.571 bits per heavy atom. The smallest absolute Gasteiger partial charge is 0.306 e. The van der Waals surface area contributed by atoms with Gasteiger partial charge in [0.25, 0.3) is 0 Å². The van der Waals surface area contributed by atoms with E-state index in [0.29, 0.717) is 13.0 Å². The summed E-state index contributed by atoms with van der Waals surface area (Å²) in [5.74, 6) is -0.310. The molecule has 1 saturated heterocycles. The van der Waals surface area contributed by atoms with Gasteiger partial charge in [-0.05, 0) is 12.8 Å². The van der Waals surface area contributed by atoms with Gasteiger partial charge >= 0.3 is 5.97 Å². The van der Waals surface area contributed by atoms with Crippen molar-refractivity contribution in [3.8, 4) is 0 Å². The first kappa shape index (κ1) is 46.2. The number of aliphatic hydroxyl groups excluding tert-OH is 4. The maximum absolute atomic E-state index is 12.7. The highest BCUT2D eigenvalue weighted by molar-refractivity contribution is 5.69. The number of carbonyl (C=O) groups excluding carboxylic acids is 1. The number of rotatable bonds is 35. The van der Waals surface area contributed by atoms with Crippen molar-refractivity contribution in [1.29, 1.82) is 0 Å². The van der Waals surface area contributed by atoms with Crippen molar-refractivity contribution < 1.29 is 44.2 Å². The molecule has 1 aliphatic rings. The molecule has 49 heavy (non-hydrogen) atoms. The van der Waals surface area contributed by atoms with E-state index in [1.807, 2.05) is 0 Å². The van der Waals surface area contributed by atoms with Gasteiger partial charge in [0.2, 0.25) is 0 Å². The molecule has 1 aliphatic heterocycles. The first-order valence-electron chi connectivity index (χ1n) is 20.6. The Bertz CT molecular complexity index is 722. The van der Waals surface area contributed by atoms with Gasteiger partial charge in [0.1, 0.15) is 30.5 Å². The lowest BCUT2D eigenvalue weighted by molar-refractivity contribution is -0.305. The predicted molar refractivity (Wildman–Crippen MR) is 196 cm³/mol. The summed E-state index contributed by atoms with van der Waals surface area (Å²) in [6, 6.07) is 0. The van der Waals surface area contributed by atoms with E-state index < -0.39 is 43.4 Å². The van der Waals surface area contributed by atoms with Gasteiger partial charge in [-0.15, -0.1) is 0 Å².